The summed E-state index contributed by atoms with van der Waals surface area (Å²) in [4.78, 5) is 4.13. The SMILES string of the molecule is CS(=O)(=O)Nc1ccc(NCc2ncc(Cl)s2)cc1. The van der Waals surface area contributed by atoms with Crippen LogP contribution < -0.4 is 10.0 Å². The number of aromatic nitrogens is 1. The van der Waals surface area contributed by atoms with Gasteiger partial charge in [-0.1, -0.05) is 11.6 Å². The third kappa shape index (κ3) is 4.70. The van der Waals surface area contributed by atoms with Crippen molar-refractivity contribution in [1.29, 1.82) is 0 Å². The molecule has 19 heavy (non-hydrogen) atoms. The van der Waals surface area contributed by atoms with Crippen molar-refractivity contribution in [3.8, 4) is 0 Å². The predicted octanol–water partition coefficient (Wildman–Crippen LogP) is 2.78. The Morgan fingerprint density at radius 1 is 1.26 bits per heavy atom. The molecule has 0 spiro atoms. The molecule has 1 aromatic heterocycles. The average Bonchev–Trinajstić information content (AvgIpc) is 2.72. The highest BCUT2D eigenvalue weighted by atomic mass is 35.5. The zero-order valence-corrected chi connectivity index (χ0v) is 12.4. The lowest BCUT2D eigenvalue weighted by molar-refractivity contribution is 0.607. The van der Waals surface area contributed by atoms with Crippen LogP contribution in [0.1, 0.15) is 5.01 Å². The number of anilines is 2. The standard InChI is InChI=1S/C11H12ClN3O2S2/c1-19(16,17)15-9-4-2-8(3-5-9)13-7-11-14-6-10(12)18-11/h2-6,13,15H,7H2,1H3. The van der Waals surface area contributed by atoms with Gasteiger partial charge in [-0.3, -0.25) is 4.72 Å². The molecule has 102 valence electrons. The second-order valence-electron chi connectivity index (χ2n) is 3.86. The van der Waals surface area contributed by atoms with Gasteiger partial charge in [-0.25, -0.2) is 13.4 Å². The monoisotopic (exact) mass is 317 g/mol. The van der Waals surface area contributed by atoms with E-state index < -0.39 is 10.0 Å². The quantitative estimate of drug-likeness (QED) is 0.889. The van der Waals surface area contributed by atoms with Crippen LogP contribution in [0.3, 0.4) is 0 Å². The lowest BCUT2D eigenvalue weighted by atomic mass is 10.3. The number of halogens is 1. The average molecular weight is 318 g/mol. The van der Waals surface area contributed by atoms with Crippen molar-refractivity contribution < 1.29 is 8.42 Å². The molecule has 0 saturated carbocycles. The van der Waals surface area contributed by atoms with Crippen molar-refractivity contribution in [3.63, 3.8) is 0 Å². The van der Waals surface area contributed by atoms with E-state index in [4.69, 9.17) is 11.6 Å². The van der Waals surface area contributed by atoms with E-state index in [1.165, 1.54) is 11.3 Å². The first-order valence-electron chi connectivity index (χ1n) is 5.34. The van der Waals surface area contributed by atoms with E-state index in [1.54, 1.807) is 30.5 Å². The van der Waals surface area contributed by atoms with E-state index in [0.717, 1.165) is 17.0 Å². The number of benzene rings is 1. The molecule has 0 atom stereocenters. The van der Waals surface area contributed by atoms with E-state index in [1.807, 2.05) is 0 Å². The molecule has 0 fully saturated rings. The maximum absolute atomic E-state index is 11.1. The predicted molar refractivity (Wildman–Crippen MR) is 79.4 cm³/mol. The normalized spacial score (nSPS) is 11.3. The fourth-order valence-electron chi connectivity index (χ4n) is 1.42. The van der Waals surface area contributed by atoms with Crippen molar-refractivity contribution in [3.05, 3.63) is 39.8 Å². The maximum atomic E-state index is 11.1. The van der Waals surface area contributed by atoms with Crippen LogP contribution in [0.5, 0.6) is 0 Å². The first-order valence-corrected chi connectivity index (χ1v) is 8.43. The van der Waals surface area contributed by atoms with Crippen molar-refractivity contribution in [2.45, 2.75) is 6.54 Å². The van der Waals surface area contributed by atoms with Crippen LogP contribution in [-0.4, -0.2) is 19.7 Å². The summed E-state index contributed by atoms with van der Waals surface area (Å²) in [5.41, 5.74) is 1.41. The fourth-order valence-corrected chi connectivity index (χ4v) is 2.88. The first-order chi connectivity index (χ1) is 8.92. The van der Waals surface area contributed by atoms with Gasteiger partial charge in [0.25, 0.3) is 0 Å². The van der Waals surface area contributed by atoms with Gasteiger partial charge in [-0.15, -0.1) is 11.3 Å². The molecule has 1 heterocycles. The first kappa shape index (κ1) is 14.1. The van der Waals surface area contributed by atoms with E-state index >= 15 is 0 Å². The molecule has 5 nitrogen and oxygen atoms in total. The number of thiazole rings is 1. The molecule has 0 radical (unpaired) electrons. The van der Waals surface area contributed by atoms with Gasteiger partial charge in [0.15, 0.2) is 0 Å². The van der Waals surface area contributed by atoms with Gasteiger partial charge in [0, 0.05) is 11.4 Å². The summed E-state index contributed by atoms with van der Waals surface area (Å²) in [6, 6.07) is 6.97. The molecular weight excluding hydrogens is 306 g/mol. The topological polar surface area (TPSA) is 71.1 Å². The van der Waals surface area contributed by atoms with Crippen LogP contribution in [0.2, 0.25) is 4.34 Å². The van der Waals surface area contributed by atoms with E-state index in [9.17, 15) is 8.42 Å². The molecule has 2 rings (SSSR count). The molecule has 0 aliphatic rings. The van der Waals surface area contributed by atoms with Gasteiger partial charge in [-0.05, 0) is 24.3 Å². The Bertz CT molecular complexity index is 653. The molecule has 2 N–H and O–H groups in total. The zero-order valence-electron chi connectivity index (χ0n) is 10.1. The molecule has 8 heteroatoms. The summed E-state index contributed by atoms with van der Waals surface area (Å²) in [7, 11) is -3.24. The Hall–Kier alpha value is -1.31. The van der Waals surface area contributed by atoms with Crippen LogP contribution in [0.15, 0.2) is 30.5 Å². The number of sulfonamides is 1. The van der Waals surface area contributed by atoms with Crippen LogP contribution >= 0.6 is 22.9 Å². The van der Waals surface area contributed by atoms with E-state index in [2.05, 4.69) is 15.0 Å². The van der Waals surface area contributed by atoms with Crippen LogP contribution in [0.4, 0.5) is 11.4 Å². The maximum Gasteiger partial charge on any atom is 0.229 e. The van der Waals surface area contributed by atoms with E-state index in [-0.39, 0.29) is 0 Å². The van der Waals surface area contributed by atoms with Crippen molar-refractivity contribution in [2.75, 3.05) is 16.3 Å². The summed E-state index contributed by atoms with van der Waals surface area (Å²) < 4.78 is 25.2. The number of rotatable bonds is 5. The third-order valence-corrected chi connectivity index (χ3v) is 3.88. The Labute approximate surface area is 120 Å². The molecule has 0 saturated heterocycles. The van der Waals surface area contributed by atoms with Gasteiger partial charge < -0.3 is 5.32 Å². The smallest absolute Gasteiger partial charge is 0.229 e. The highest BCUT2D eigenvalue weighted by Gasteiger charge is 2.02. The van der Waals surface area contributed by atoms with Gasteiger partial charge in [0.05, 0.1) is 19.0 Å². The number of hydrogen-bond acceptors (Lipinski definition) is 5. The summed E-state index contributed by atoms with van der Waals surface area (Å²) in [5, 5.41) is 4.07. The minimum absolute atomic E-state index is 0.533. The van der Waals surface area contributed by atoms with Crippen molar-refractivity contribution >= 4 is 44.3 Å². The number of nitrogens with one attached hydrogen (secondary N) is 2. The Morgan fingerprint density at radius 2 is 1.89 bits per heavy atom. The molecular formula is C11H12ClN3O2S2. The second kappa shape index (κ2) is 5.77. The Kier molecular flexibility index (Phi) is 4.28. The fraction of sp³-hybridized carbons (Fsp3) is 0.182. The van der Waals surface area contributed by atoms with Gasteiger partial charge in [-0.2, -0.15) is 0 Å². The second-order valence-corrected chi connectivity index (χ2v) is 7.36. The van der Waals surface area contributed by atoms with Crippen molar-refractivity contribution in [2.24, 2.45) is 0 Å². The molecule has 0 unspecified atom stereocenters. The molecule has 0 aliphatic heterocycles. The minimum Gasteiger partial charge on any atom is -0.379 e. The molecule has 0 bridgehead atoms. The molecule has 0 amide bonds. The molecule has 2 aromatic rings. The Morgan fingerprint density at radius 3 is 2.42 bits per heavy atom. The lowest BCUT2D eigenvalue weighted by Crippen LogP contribution is -2.09. The zero-order chi connectivity index (χ0) is 13.9. The molecule has 1 aromatic carbocycles. The minimum atomic E-state index is -3.24. The Balaban J connectivity index is 1.95. The number of hydrogen-bond donors (Lipinski definition) is 2. The van der Waals surface area contributed by atoms with Gasteiger partial charge in [0.1, 0.15) is 9.34 Å². The van der Waals surface area contributed by atoms with Gasteiger partial charge >= 0.3 is 0 Å². The summed E-state index contributed by atoms with van der Waals surface area (Å²) in [6.07, 6.45) is 2.73. The third-order valence-electron chi connectivity index (χ3n) is 2.16. The van der Waals surface area contributed by atoms with E-state index in [0.29, 0.717) is 16.6 Å². The van der Waals surface area contributed by atoms with Crippen LogP contribution in [-0.2, 0) is 16.6 Å². The largest absolute Gasteiger partial charge is 0.379 e. The summed E-state index contributed by atoms with van der Waals surface area (Å²) in [5.74, 6) is 0. The van der Waals surface area contributed by atoms with Crippen LogP contribution in [0, 0.1) is 0 Å². The summed E-state index contributed by atoms with van der Waals surface area (Å²) >= 11 is 7.21. The van der Waals surface area contributed by atoms with Crippen molar-refractivity contribution in [1.82, 2.24) is 4.98 Å². The van der Waals surface area contributed by atoms with Gasteiger partial charge in [0.2, 0.25) is 10.0 Å². The highest BCUT2D eigenvalue weighted by Crippen LogP contribution is 2.20. The lowest BCUT2D eigenvalue weighted by Gasteiger charge is -2.07. The highest BCUT2D eigenvalue weighted by molar-refractivity contribution is 7.92. The molecule has 0 aliphatic carbocycles. The van der Waals surface area contributed by atoms with Crippen LogP contribution in [0.25, 0.3) is 0 Å². The number of nitrogens with zero attached hydrogens (tertiary/aromatic N) is 1. The summed E-state index contributed by atoms with van der Waals surface area (Å²) in [6.45, 7) is 0.580.